The number of benzene rings is 1. The third kappa shape index (κ3) is 7.20. The molecule has 17 heteroatoms. The van der Waals surface area contributed by atoms with Crippen molar-refractivity contribution in [3.8, 4) is 5.75 Å². The van der Waals surface area contributed by atoms with Gasteiger partial charge in [0.25, 0.3) is 23.6 Å². The molecule has 17 nitrogen and oxygen atoms in total. The van der Waals surface area contributed by atoms with Crippen LogP contribution in [0.3, 0.4) is 0 Å². The van der Waals surface area contributed by atoms with Crippen LogP contribution in [-0.2, 0) is 14.4 Å². The molecule has 55 heavy (non-hydrogen) atoms. The maximum atomic E-state index is 13.1. The van der Waals surface area contributed by atoms with Crippen LogP contribution in [0.25, 0.3) is 11.2 Å². The average Bonchev–Trinajstić information content (AvgIpc) is 3.70. The van der Waals surface area contributed by atoms with Crippen LogP contribution in [0.15, 0.2) is 49.1 Å². The number of aryl methyl sites for hydroxylation is 1. The molecule has 0 spiro atoms. The zero-order valence-electron chi connectivity index (χ0n) is 30.2. The number of hydrogen-bond acceptors (Lipinski definition) is 12. The van der Waals surface area contributed by atoms with Crippen molar-refractivity contribution >= 4 is 52.4 Å². The van der Waals surface area contributed by atoms with Gasteiger partial charge in [-0.2, -0.15) is 0 Å². The summed E-state index contributed by atoms with van der Waals surface area (Å²) in [4.78, 5) is 96.1. The van der Waals surface area contributed by atoms with E-state index in [1.54, 1.807) is 17.3 Å². The molecule has 6 amide bonds. The normalized spacial score (nSPS) is 21.3. The molecule has 3 aromatic heterocycles. The summed E-state index contributed by atoms with van der Waals surface area (Å²) < 4.78 is 7.79. The lowest BCUT2D eigenvalue weighted by atomic mass is 9.86. The zero-order valence-corrected chi connectivity index (χ0v) is 30.2. The van der Waals surface area contributed by atoms with Gasteiger partial charge in [-0.15, -0.1) is 0 Å². The maximum Gasteiger partial charge on any atom is 0.270 e. The van der Waals surface area contributed by atoms with E-state index in [4.69, 9.17) is 4.74 Å². The number of nitrogens with zero attached hydrogens (tertiary/aromatic N) is 7. The Labute approximate surface area is 315 Å². The SMILES string of the molecule is Cc1cccc(C(=O)NC2CC(n3cnc4c(NCCC5CCN(C(=O)COc6ccc7c(c6)C(=O)N(C6CCC(=O)NC6=O)C7=O)CC5)ncnc43)C2)n1. The Morgan fingerprint density at radius 1 is 0.964 bits per heavy atom. The third-order valence-corrected chi connectivity index (χ3v) is 10.9. The molecule has 4 aromatic rings. The second kappa shape index (κ2) is 14.9. The molecule has 4 aliphatic rings. The predicted molar refractivity (Wildman–Crippen MR) is 195 cm³/mol. The van der Waals surface area contributed by atoms with Crippen LogP contribution in [0.4, 0.5) is 5.82 Å². The lowest BCUT2D eigenvalue weighted by Crippen LogP contribution is -2.54. The topological polar surface area (TPSA) is 211 Å². The first-order valence-electron chi connectivity index (χ1n) is 18.5. The molecule has 3 N–H and O–H groups in total. The second-order valence-corrected chi connectivity index (χ2v) is 14.5. The standard InChI is InChI=1S/C38H40N10O7/c1-21-3-2-4-28(43-21)35(51)44-23-15-24(16-23)47-20-42-32-33(40-19-41-34(32)47)39-12-9-22-10-13-46(14-11-22)31(50)18-55-25-5-6-26-27(17-25)38(54)48(37(26)53)29-7-8-30(49)45-36(29)52/h2-6,17,19-20,22-24,29H,7-16,18H2,1H3,(H,44,51)(H,39,40,41)(H,45,49,52). The predicted octanol–water partition coefficient (Wildman–Crippen LogP) is 2.18. The van der Waals surface area contributed by atoms with E-state index in [1.165, 1.54) is 24.5 Å². The molecule has 0 radical (unpaired) electrons. The van der Waals surface area contributed by atoms with Crippen LogP contribution in [0.5, 0.6) is 5.75 Å². The fourth-order valence-corrected chi connectivity index (χ4v) is 7.75. The fourth-order valence-electron chi connectivity index (χ4n) is 7.75. The van der Waals surface area contributed by atoms with Gasteiger partial charge in [0.05, 0.1) is 17.5 Å². The fraction of sp³-hybridized carbons (Fsp3) is 0.421. The van der Waals surface area contributed by atoms with Crippen molar-refractivity contribution in [2.24, 2.45) is 5.92 Å². The summed E-state index contributed by atoms with van der Waals surface area (Å²) >= 11 is 0. The number of ether oxygens (including phenoxy) is 1. The molecule has 3 aliphatic heterocycles. The minimum Gasteiger partial charge on any atom is -0.484 e. The van der Waals surface area contributed by atoms with E-state index >= 15 is 0 Å². The highest BCUT2D eigenvalue weighted by atomic mass is 16.5. The molecule has 8 rings (SSSR count). The number of amides is 6. The van der Waals surface area contributed by atoms with Gasteiger partial charge in [-0.25, -0.2) is 19.9 Å². The number of pyridine rings is 1. The summed E-state index contributed by atoms with van der Waals surface area (Å²) in [5.74, 6) is -1.35. The molecule has 2 saturated heterocycles. The van der Waals surface area contributed by atoms with Crippen LogP contribution in [-0.4, -0.2) is 108 Å². The molecule has 3 fully saturated rings. The lowest BCUT2D eigenvalue weighted by molar-refractivity contribution is -0.136. The number of carbonyl (C=O) groups excluding carboxylic acids is 6. The molecule has 6 heterocycles. The van der Waals surface area contributed by atoms with E-state index in [2.05, 4.69) is 40.5 Å². The monoisotopic (exact) mass is 748 g/mol. The summed E-state index contributed by atoms with van der Waals surface area (Å²) in [6.45, 7) is 3.51. The summed E-state index contributed by atoms with van der Waals surface area (Å²) in [6, 6.07) is 8.97. The first kappa shape index (κ1) is 35.8. The average molecular weight is 749 g/mol. The Bertz CT molecular complexity index is 2210. The zero-order chi connectivity index (χ0) is 38.2. The Morgan fingerprint density at radius 3 is 2.55 bits per heavy atom. The van der Waals surface area contributed by atoms with Gasteiger partial charge < -0.3 is 24.8 Å². The Hall–Kier alpha value is -6.26. The Balaban J connectivity index is 0.772. The number of fused-ring (bicyclic) bond motifs is 2. The number of imide groups is 2. The highest BCUT2D eigenvalue weighted by Gasteiger charge is 2.45. The first-order chi connectivity index (χ1) is 26.6. The van der Waals surface area contributed by atoms with E-state index < -0.39 is 29.7 Å². The number of anilines is 1. The number of nitrogens with one attached hydrogen (secondary N) is 3. The smallest absolute Gasteiger partial charge is 0.270 e. The molecule has 1 unspecified atom stereocenters. The van der Waals surface area contributed by atoms with Crippen molar-refractivity contribution in [1.29, 1.82) is 0 Å². The Morgan fingerprint density at radius 2 is 1.76 bits per heavy atom. The minimum atomic E-state index is -1.05. The van der Waals surface area contributed by atoms with Gasteiger partial charge in [-0.1, -0.05) is 6.07 Å². The van der Waals surface area contributed by atoms with E-state index in [1.807, 2.05) is 19.1 Å². The number of piperidine rings is 2. The van der Waals surface area contributed by atoms with Gasteiger partial charge in [0.1, 0.15) is 29.3 Å². The molecule has 0 bridgehead atoms. The highest BCUT2D eigenvalue weighted by Crippen LogP contribution is 2.35. The van der Waals surface area contributed by atoms with Crippen LogP contribution in [0.2, 0.25) is 0 Å². The number of likely N-dealkylation sites (tertiary alicyclic amines) is 1. The molecule has 1 saturated carbocycles. The van der Waals surface area contributed by atoms with Gasteiger partial charge in [0.15, 0.2) is 18.1 Å². The summed E-state index contributed by atoms with van der Waals surface area (Å²) in [6.07, 6.45) is 7.54. The summed E-state index contributed by atoms with van der Waals surface area (Å²) in [5.41, 5.74) is 2.90. The van der Waals surface area contributed by atoms with E-state index in [0.717, 1.165) is 48.3 Å². The van der Waals surface area contributed by atoms with Crippen molar-refractivity contribution in [1.82, 2.24) is 44.9 Å². The van der Waals surface area contributed by atoms with Gasteiger partial charge in [-0.05, 0) is 81.7 Å². The number of imidazole rings is 1. The number of aromatic nitrogens is 5. The van der Waals surface area contributed by atoms with Crippen molar-refractivity contribution in [3.05, 3.63) is 71.6 Å². The van der Waals surface area contributed by atoms with Gasteiger partial charge in [-0.3, -0.25) is 39.0 Å². The molecule has 1 aliphatic carbocycles. The van der Waals surface area contributed by atoms with Crippen molar-refractivity contribution in [3.63, 3.8) is 0 Å². The highest BCUT2D eigenvalue weighted by molar-refractivity contribution is 6.23. The molecule has 1 aromatic carbocycles. The third-order valence-electron chi connectivity index (χ3n) is 10.9. The molecular weight excluding hydrogens is 708 g/mol. The van der Waals surface area contributed by atoms with E-state index in [0.29, 0.717) is 42.6 Å². The van der Waals surface area contributed by atoms with E-state index in [9.17, 15) is 28.8 Å². The van der Waals surface area contributed by atoms with Crippen molar-refractivity contribution in [2.75, 3.05) is 31.6 Å². The Kier molecular flexibility index (Phi) is 9.67. The minimum absolute atomic E-state index is 0.0367. The van der Waals surface area contributed by atoms with Crippen LogP contribution >= 0.6 is 0 Å². The largest absolute Gasteiger partial charge is 0.484 e. The molecule has 284 valence electrons. The number of rotatable bonds is 11. The van der Waals surface area contributed by atoms with Gasteiger partial charge in [0.2, 0.25) is 11.8 Å². The van der Waals surface area contributed by atoms with Crippen LogP contribution in [0, 0.1) is 12.8 Å². The second-order valence-electron chi connectivity index (χ2n) is 14.5. The van der Waals surface area contributed by atoms with Crippen molar-refractivity contribution < 1.29 is 33.5 Å². The van der Waals surface area contributed by atoms with Gasteiger partial charge >= 0.3 is 0 Å². The maximum absolute atomic E-state index is 13.1. The lowest BCUT2D eigenvalue weighted by Gasteiger charge is -2.36. The first-order valence-corrected chi connectivity index (χ1v) is 18.5. The quantitative estimate of drug-likeness (QED) is 0.189. The summed E-state index contributed by atoms with van der Waals surface area (Å²) in [5, 5.41) is 8.68. The van der Waals surface area contributed by atoms with Crippen molar-refractivity contribution in [2.45, 2.75) is 70.0 Å². The van der Waals surface area contributed by atoms with E-state index in [-0.39, 0.29) is 60.2 Å². The molecule has 1 atom stereocenters. The van der Waals surface area contributed by atoms with Crippen LogP contribution < -0.4 is 20.7 Å². The van der Waals surface area contributed by atoms with Gasteiger partial charge in [0, 0.05) is 43.8 Å². The molecular formula is C38H40N10O7. The van der Waals surface area contributed by atoms with Crippen LogP contribution in [0.1, 0.15) is 87.9 Å². The number of carbonyl (C=O) groups is 6. The number of hydrogen-bond donors (Lipinski definition) is 3. The summed E-state index contributed by atoms with van der Waals surface area (Å²) in [7, 11) is 0.